The van der Waals surface area contributed by atoms with E-state index in [1.807, 2.05) is 50.2 Å². The molecule has 2 rings (SSSR count). The Labute approximate surface area is 143 Å². The van der Waals surface area contributed by atoms with E-state index in [0.717, 1.165) is 29.6 Å². The molecule has 0 amide bonds. The van der Waals surface area contributed by atoms with E-state index in [1.54, 1.807) is 0 Å². The van der Waals surface area contributed by atoms with Gasteiger partial charge in [0.1, 0.15) is 5.82 Å². The van der Waals surface area contributed by atoms with Crippen LogP contribution in [0.2, 0.25) is 0 Å². The van der Waals surface area contributed by atoms with Crippen LogP contribution in [0.3, 0.4) is 0 Å². The number of aliphatic hydroxyl groups is 1. The summed E-state index contributed by atoms with van der Waals surface area (Å²) in [5.74, 6) is 1.85. The number of benzene rings is 1. The van der Waals surface area contributed by atoms with Crippen molar-refractivity contribution in [1.29, 1.82) is 0 Å². The average Bonchev–Trinajstić information content (AvgIpc) is 3.07. The first kappa shape index (κ1) is 18.0. The Hall–Kier alpha value is -2.34. The first-order valence-electron chi connectivity index (χ1n) is 8.33. The minimum atomic E-state index is 0.144. The van der Waals surface area contributed by atoms with E-state index in [-0.39, 0.29) is 12.5 Å². The molecule has 24 heavy (non-hydrogen) atoms. The SMILES string of the molecule is CCNC(=NCC(C)CO)N(C)Cc1ncc(-c2ccccc2)[nH]1. The maximum absolute atomic E-state index is 9.14. The highest BCUT2D eigenvalue weighted by atomic mass is 16.3. The van der Waals surface area contributed by atoms with Crippen molar-refractivity contribution in [3.63, 3.8) is 0 Å². The summed E-state index contributed by atoms with van der Waals surface area (Å²) >= 11 is 0. The van der Waals surface area contributed by atoms with Gasteiger partial charge in [-0.25, -0.2) is 4.98 Å². The molecule has 2 aromatic rings. The van der Waals surface area contributed by atoms with Crippen LogP contribution in [-0.4, -0.2) is 52.7 Å². The van der Waals surface area contributed by atoms with Crippen molar-refractivity contribution in [2.45, 2.75) is 20.4 Å². The summed E-state index contributed by atoms with van der Waals surface area (Å²) in [5, 5.41) is 12.4. The number of nitrogens with one attached hydrogen (secondary N) is 2. The molecule has 1 unspecified atom stereocenters. The van der Waals surface area contributed by atoms with Gasteiger partial charge in [0.2, 0.25) is 0 Å². The molecule has 0 aliphatic heterocycles. The summed E-state index contributed by atoms with van der Waals surface area (Å²) in [4.78, 5) is 14.4. The van der Waals surface area contributed by atoms with E-state index in [9.17, 15) is 0 Å². The van der Waals surface area contributed by atoms with Crippen LogP contribution in [0.1, 0.15) is 19.7 Å². The Kier molecular flexibility index (Phi) is 6.81. The van der Waals surface area contributed by atoms with Crippen molar-refractivity contribution in [3.8, 4) is 11.3 Å². The van der Waals surface area contributed by atoms with Gasteiger partial charge in [-0.1, -0.05) is 37.3 Å². The van der Waals surface area contributed by atoms with Gasteiger partial charge in [-0.3, -0.25) is 4.99 Å². The Morgan fingerprint density at radius 2 is 2.12 bits per heavy atom. The van der Waals surface area contributed by atoms with Crippen LogP contribution in [0.25, 0.3) is 11.3 Å². The number of rotatable bonds is 7. The molecule has 6 heteroatoms. The maximum Gasteiger partial charge on any atom is 0.194 e. The van der Waals surface area contributed by atoms with Gasteiger partial charge in [-0.2, -0.15) is 0 Å². The maximum atomic E-state index is 9.14. The Balaban J connectivity index is 2.04. The molecule has 6 nitrogen and oxygen atoms in total. The van der Waals surface area contributed by atoms with Crippen LogP contribution < -0.4 is 5.32 Å². The molecule has 0 spiro atoms. The van der Waals surface area contributed by atoms with E-state index in [1.165, 1.54) is 0 Å². The van der Waals surface area contributed by atoms with Crippen LogP contribution in [0.4, 0.5) is 0 Å². The van der Waals surface area contributed by atoms with Crippen molar-refractivity contribution < 1.29 is 5.11 Å². The zero-order valence-electron chi connectivity index (χ0n) is 14.7. The minimum Gasteiger partial charge on any atom is -0.396 e. The number of H-pyrrole nitrogens is 1. The normalized spacial score (nSPS) is 12.9. The lowest BCUT2D eigenvalue weighted by molar-refractivity contribution is 0.241. The molecule has 0 radical (unpaired) electrons. The standard InChI is InChI=1S/C18H27N5O/c1-4-19-18(21-10-14(2)13-24)23(3)12-17-20-11-16(22-17)15-8-6-5-7-9-15/h5-9,11,14,24H,4,10,12-13H2,1-3H3,(H,19,21)(H,20,22). The van der Waals surface area contributed by atoms with Gasteiger partial charge in [0.25, 0.3) is 0 Å². The van der Waals surface area contributed by atoms with Crippen molar-refractivity contribution in [2.24, 2.45) is 10.9 Å². The van der Waals surface area contributed by atoms with Gasteiger partial charge < -0.3 is 20.3 Å². The monoisotopic (exact) mass is 329 g/mol. The van der Waals surface area contributed by atoms with Crippen molar-refractivity contribution >= 4 is 5.96 Å². The fraction of sp³-hybridized carbons (Fsp3) is 0.444. The van der Waals surface area contributed by atoms with Crippen molar-refractivity contribution in [1.82, 2.24) is 20.2 Å². The second-order valence-electron chi connectivity index (χ2n) is 5.95. The summed E-state index contributed by atoms with van der Waals surface area (Å²) in [7, 11) is 1.98. The van der Waals surface area contributed by atoms with E-state index < -0.39 is 0 Å². The number of aliphatic hydroxyl groups excluding tert-OH is 1. The Bertz CT molecular complexity index is 638. The zero-order chi connectivity index (χ0) is 17.4. The Morgan fingerprint density at radius 1 is 1.38 bits per heavy atom. The molecule has 1 aromatic heterocycles. The molecular formula is C18H27N5O. The van der Waals surface area contributed by atoms with Crippen LogP contribution in [-0.2, 0) is 6.54 Å². The molecule has 0 fully saturated rings. The van der Waals surface area contributed by atoms with Crippen LogP contribution in [0.15, 0.2) is 41.5 Å². The molecule has 1 aromatic carbocycles. The molecule has 1 atom stereocenters. The van der Waals surface area contributed by atoms with Gasteiger partial charge in [0.15, 0.2) is 5.96 Å². The zero-order valence-corrected chi connectivity index (χ0v) is 14.7. The summed E-state index contributed by atoms with van der Waals surface area (Å²) in [5.41, 5.74) is 2.13. The number of hydrogen-bond acceptors (Lipinski definition) is 3. The fourth-order valence-electron chi connectivity index (χ4n) is 2.28. The number of aromatic amines is 1. The largest absolute Gasteiger partial charge is 0.396 e. The molecule has 3 N–H and O–H groups in total. The summed E-state index contributed by atoms with van der Waals surface area (Å²) in [6.45, 7) is 6.18. The highest BCUT2D eigenvalue weighted by molar-refractivity contribution is 5.79. The van der Waals surface area contributed by atoms with E-state index in [4.69, 9.17) is 5.11 Å². The number of imidazole rings is 1. The predicted octanol–water partition coefficient (Wildman–Crippen LogP) is 2.10. The molecule has 0 saturated carbocycles. The average molecular weight is 329 g/mol. The number of hydrogen-bond donors (Lipinski definition) is 3. The van der Waals surface area contributed by atoms with E-state index in [0.29, 0.717) is 13.1 Å². The molecule has 0 aliphatic rings. The minimum absolute atomic E-state index is 0.144. The van der Waals surface area contributed by atoms with Gasteiger partial charge in [-0.15, -0.1) is 0 Å². The highest BCUT2D eigenvalue weighted by Crippen LogP contribution is 2.16. The lowest BCUT2D eigenvalue weighted by Crippen LogP contribution is -2.39. The molecule has 130 valence electrons. The third-order valence-electron chi connectivity index (χ3n) is 3.66. The van der Waals surface area contributed by atoms with Crippen LogP contribution in [0, 0.1) is 5.92 Å². The third-order valence-corrected chi connectivity index (χ3v) is 3.66. The first-order chi connectivity index (χ1) is 11.6. The quantitative estimate of drug-likeness (QED) is 0.537. The Morgan fingerprint density at radius 3 is 2.79 bits per heavy atom. The van der Waals surface area contributed by atoms with E-state index >= 15 is 0 Å². The summed E-state index contributed by atoms with van der Waals surface area (Å²) in [6.07, 6.45) is 1.86. The second-order valence-corrected chi connectivity index (χ2v) is 5.95. The van der Waals surface area contributed by atoms with Crippen molar-refractivity contribution in [2.75, 3.05) is 26.7 Å². The molecule has 0 bridgehead atoms. The molecular weight excluding hydrogens is 302 g/mol. The number of guanidine groups is 1. The topological polar surface area (TPSA) is 76.5 Å². The van der Waals surface area contributed by atoms with E-state index in [2.05, 4.69) is 32.4 Å². The fourth-order valence-corrected chi connectivity index (χ4v) is 2.28. The lowest BCUT2D eigenvalue weighted by Gasteiger charge is -2.21. The predicted molar refractivity (Wildman–Crippen MR) is 97.7 cm³/mol. The molecule has 1 heterocycles. The smallest absolute Gasteiger partial charge is 0.194 e. The second kappa shape index (κ2) is 9.08. The number of aromatic nitrogens is 2. The lowest BCUT2D eigenvalue weighted by atomic mass is 10.2. The molecule has 0 saturated heterocycles. The van der Waals surface area contributed by atoms with Gasteiger partial charge >= 0.3 is 0 Å². The first-order valence-corrected chi connectivity index (χ1v) is 8.33. The van der Waals surface area contributed by atoms with Gasteiger partial charge in [0.05, 0.1) is 18.4 Å². The summed E-state index contributed by atoms with van der Waals surface area (Å²) in [6, 6.07) is 10.1. The van der Waals surface area contributed by atoms with Crippen LogP contribution >= 0.6 is 0 Å². The number of aliphatic imine (C=N–C) groups is 1. The van der Waals surface area contributed by atoms with Crippen molar-refractivity contribution in [3.05, 3.63) is 42.4 Å². The number of nitrogens with zero attached hydrogens (tertiary/aromatic N) is 3. The van der Waals surface area contributed by atoms with Gasteiger partial charge in [0, 0.05) is 26.7 Å². The van der Waals surface area contributed by atoms with Gasteiger partial charge in [-0.05, 0) is 18.4 Å². The summed E-state index contributed by atoms with van der Waals surface area (Å²) < 4.78 is 0. The molecule has 0 aliphatic carbocycles. The highest BCUT2D eigenvalue weighted by Gasteiger charge is 2.10. The third kappa shape index (κ3) is 5.09. The van der Waals surface area contributed by atoms with Crippen LogP contribution in [0.5, 0.6) is 0 Å².